The van der Waals surface area contributed by atoms with Gasteiger partial charge in [-0.3, -0.25) is 9.59 Å². The van der Waals surface area contributed by atoms with E-state index >= 15 is 0 Å². The molecule has 0 heterocycles. The van der Waals surface area contributed by atoms with Crippen molar-refractivity contribution in [3.8, 4) is 5.75 Å². The van der Waals surface area contributed by atoms with Crippen LogP contribution in [0.1, 0.15) is 41.5 Å². The van der Waals surface area contributed by atoms with E-state index in [0.717, 1.165) is 6.42 Å². The summed E-state index contributed by atoms with van der Waals surface area (Å²) in [4.78, 5) is 25.8. The number of amides is 1. The molecule has 1 saturated carbocycles. The molecular formula is C30H32N2O7. The number of nitrogens with one attached hydrogen (secondary N) is 1. The molecule has 0 spiro atoms. The molecule has 2 aromatic rings. The molecule has 9 heteroatoms. The Labute approximate surface area is 225 Å². The molecule has 1 fully saturated rings. The lowest BCUT2D eigenvalue weighted by Crippen LogP contribution is -2.63. The minimum atomic E-state index is -2.47. The zero-order chi connectivity index (χ0) is 28.2. The number of rotatable bonds is 6. The number of nitrogens with two attached hydrogens (primary N) is 1. The normalized spacial score (nSPS) is 28.2. The molecule has 0 radical (unpaired) electrons. The lowest BCUT2D eigenvalue weighted by molar-refractivity contribution is -0.151. The molecule has 0 aliphatic heterocycles. The summed E-state index contributed by atoms with van der Waals surface area (Å²) in [5.74, 6) is -5.90. The molecule has 0 unspecified atom stereocenters. The van der Waals surface area contributed by atoms with Crippen LogP contribution in [0.25, 0.3) is 5.76 Å². The minimum Gasteiger partial charge on any atom is -0.511 e. The SMILES string of the molecule is C=C1C(C(N)=O)=C(O)C[C@@H]2[C@@H](O)[C@H]3C(=C(O)c4c(ccc(CNCCc5ccccc5)c4O)[C@@H]3C)C(=O)[C@]12O. The fourth-order valence-corrected chi connectivity index (χ4v) is 6.45. The number of Topliss-reactive ketones (excluding diaryl/α,β-unsaturated/α-hetero) is 1. The zero-order valence-electron chi connectivity index (χ0n) is 21.5. The molecule has 5 rings (SSSR count). The van der Waals surface area contributed by atoms with Crippen LogP contribution in [-0.2, 0) is 22.6 Å². The third-order valence-electron chi connectivity index (χ3n) is 8.51. The van der Waals surface area contributed by atoms with Crippen LogP contribution in [0.15, 0.2) is 71.5 Å². The molecule has 39 heavy (non-hydrogen) atoms. The summed E-state index contributed by atoms with van der Waals surface area (Å²) in [6, 6.07) is 13.4. The summed E-state index contributed by atoms with van der Waals surface area (Å²) in [6.07, 6.45) is -0.972. The van der Waals surface area contributed by atoms with Crippen LogP contribution in [0, 0.1) is 11.8 Å². The molecule has 204 valence electrons. The summed E-state index contributed by atoms with van der Waals surface area (Å²) in [5, 5.41) is 59.3. The van der Waals surface area contributed by atoms with Crippen LogP contribution >= 0.6 is 0 Å². The predicted octanol–water partition coefficient (Wildman–Crippen LogP) is 2.28. The zero-order valence-corrected chi connectivity index (χ0v) is 21.5. The van der Waals surface area contributed by atoms with Crippen molar-refractivity contribution in [2.75, 3.05) is 6.54 Å². The van der Waals surface area contributed by atoms with Gasteiger partial charge in [-0.15, -0.1) is 0 Å². The van der Waals surface area contributed by atoms with Crippen molar-refractivity contribution in [3.05, 3.63) is 93.8 Å². The fourth-order valence-electron chi connectivity index (χ4n) is 6.45. The molecule has 3 aliphatic rings. The number of phenols is 1. The Kier molecular flexibility index (Phi) is 6.62. The second kappa shape index (κ2) is 9.68. The maximum atomic E-state index is 13.9. The van der Waals surface area contributed by atoms with E-state index < -0.39 is 63.8 Å². The van der Waals surface area contributed by atoms with Crippen molar-refractivity contribution in [1.82, 2.24) is 5.32 Å². The highest BCUT2D eigenvalue weighted by Gasteiger charge is 2.63. The predicted molar refractivity (Wildman–Crippen MR) is 143 cm³/mol. The topological polar surface area (TPSA) is 173 Å². The van der Waals surface area contributed by atoms with Crippen LogP contribution in [0.3, 0.4) is 0 Å². The smallest absolute Gasteiger partial charge is 0.252 e. The molecule has 5 atom stereocenters. The van der Waals surface area contributed by atoms with Gasteiger partial charge in [-0.05, 0) is 30.0 Å². The average molecular weight is 533 g/mol. The molecule has 0 bridgehead atoms. The Morgan fingerprint density at radius 3 is 2.51 bits per heavy atom. The number of ketones is 1. The Morgan fingerprint density at radius 2 is 1.85 bits per heavy atom. The first kappa shape index (κ1) is 26.7. The molecule has 0 aromatic heterocycles. The number of phenolic OH excluding ortho intramolecular Hbond substituents is 1. The van der Waals surface area contributed by atoms with Gasteiger partial charge in [0.1, 0.15) is 17.3 Å². The first-order valence-electron chi connectivity index (χ1n) is 12.9. The first-order valence-corrected chi connectivity index (χ1v) is 12.9. The van der Waals surface area contributed by atoms with Gasteiger partial charge in [-0.2, -0.15) is 0 Å². The third kappa shape index (κ3) is 3.96. The van der Waals surface area contributed by atoms with E-state index in [-0.39, 0.29) is 23.3 Å². The summed E-state index contributed by atoms with van der Waals surface area (Å²) in [5.41, 5.74) is 4.02. The van der Waals surface area contributed by atoms with E-state index in [2.05, 4.69) is 11.9 Å². The Morgan fingerprint density at radius 1 is 1.15 bits per heavy atom. The number of aliphatic hydroxyl groups is 4. The Balaban J connectivity index is 1.51. The van der Waals surface area contributed by atoms with Gasteiger partial charge in [0.15, 0.2) is 11.4 Å². The molecule has 2 aromatic carbocycles. The second-order valence-corrected chi connectivity index (χ2v) is 10.6. The van der Waals surface area contributed by atoms with E-state index in [1.54, 1.807) is 19.1 Å². The number of carbonyl (C=O) groups is 2. The second-order valence-electron chi connectivity index (χ2n) is 10.6. The quantitative estimate of drug-likeness (QED) is 0.278. The van der Waals surface area contributed by atoms with Crippen molar-refractivity contribution in [3.63, 3.8) is 0 Å². The number of aliphatic hydroxyl groups excluding tert-OH is 3. The minimum absolute atomic E-state index is 0.0636. The number of allylic oxidation sites excluding steroid dienone is 1. The van der Waals surface area contributed by atoms with Crippen LogP contribution in [0.2, 0.25) is 0 Å². The highest BCUT2D eigenvalue weighted by molar-refractivity contribution is 6.14. The van der Waals surface area contributed by atoms with Crippen LogP contribution in [0.5, 0.6) is 5.75 Å². The van der Waals surface area contributed by atoms with E-state index in [4.69, 9.17) is 5.73 Å². The molecule has 0 saturated heterocycles. The van der Waals surface area contributed by atoms with Crippen molar-refractivity contribution in [1.29, 1.82) is 0 Å². The highest BCUT2D eigenvalue weighted by atomic mass is 16.3. The lowest BCUT2D eigenvalue weighted by Gasteiger charge is -2.51. The van der Waals surface area contributed by atoms with Crippen LogP contribution in [0.4, 0.5) is 0 Å². The standard InChI is InChI=1S/C30H32N2O7/c1-14-18-9-8-17(13-32-11-10-16-6-4-3-5-7-16)25(34)23(18)27(36)24-21(14)26(35)19-12-20(33)22(29(31)38)15(2)30(19,39)28(24)37/h3-9,14,19,21,26,32-36,39H,2,10-13H2,1H3,(H2,31,38)/t14-,19+,21+,26+,30-/m0/s1. The average Bonchev–Trinajstić information content (AvgIpc) is 2.90. The van der Waals surface area contributed by atoms with Crippen LogP contribution in [-0.4, -0.2) is 55.5 Å². The van der Waals surface area contributed by atoms with Gasteiger partial charge < -0.3 is 36.6 Å². The van der Waals surface area contributed by atoms with Crippen molar-refractivity contribution in [2.24, 2.45) is 17.6 Å². The third-order valence-corrected chi connectivity index (χ3v) is 8.51. The van der Waals surface area contributed by atoms with Gasteiger partial charge in [0, 0.05) is 41.5 Å². The highest BCUT2D eigenvalue weighted by Crippen LogP contribution is 2.56. The maximum Gasteiger partial charge on any atom is 0.252 e. The van der Waals surface area contributed by atoms with Crippen molar-refractivity contribution < 1.29 is 35.1 Å². The number of benzene rings is 2. The summed E-state index contributed by atoms with van der Waals surface area (Å²) >= 11 is 0. The first-order chi connectivity index (χ1) is 18.5. The maximum absolute atomic E-state index is 13.9. The number of hydrogen-bond donors (Lipinski definition) is 7. The van der Waals surface area contributed by atoms with Gasteiger partial charge >= 0.3 is 0 Å². The Bertz CT molecular complexity index is 1440. The summed E-state index contributed by atoms with van der Waals surface area (Å²) in [6.45, 7) is 6.38. The van der Waals surface area contributed by atoms with Crippen LogP contribution < -0.4 is 11.1 Å². The van der Waals surface area contributed by atoms with E-state index in [1.165, 1.54) is 5.56 Å². The van der Waals surface area contributed by atoms with E-state index in [1.807, 2.05) is 30.3 Å². The van der Waals surface area contributed by atoms with Crippen molar-refractivity contribution >= 4 is 17.4 Å². The van der Waals surface area contributed by atoms with Gasteiger partial charge in [0.25, 0.3) is 5.91 Å². The number of fused-ring (bicyclic) bond motifs is 3. The largest absolute Gasteiger partial charge is 0.511 e. The number of primary amides is 1. The van der Waals surface area contributed by atoms with Gasteiger partial charge in [-0.1, -0.05) is 56.0 Å². The van der Waals surface area contributed by atoms with Gasteiger partial charge in [0.2, 0.25) is 0 Å². The molecular weight excluding hydrogens is 500 g/mol. The summed E-state index contributed by atoms with van der Waals surface area (Å²) < 4.78 is 0. The molecule has 9 nitrogen and oxygen atoms in total. The Hall–Kier alpha value is -3.92. The lowest BCUT2D eigenvalue weighted by atomic mass is 9.54. The molecule has 8 N–H and O–H groups in total. The number of aromatic hydroxyl groups is 1. The van der Waals surface area contributed by atoms with Gasteiger partial charge in [0.05, 0.1) is 17.2 Å². The molecule has 3 aliphatic carbocycles. The summed E-state index contributed by atoms with van der Waals surface area (Å²) in [7, 11) is 0. The number of hydrogen-bond acceptors (Lipinski definition) is 8. The number of carbonyl (C=O) groups excluding carboxylic acids is 2. The van der Waals surface area contributed by atoms with Gasteiger partial charge in [-0.25, -0.2) is 0 Å². The fraction of sp³-hybridized carbons (Fsp3) is 0.333. The van der Waals surface area contributed by atoms with E-state index in [0.29, 0.717) is 24.2 Å². The van der Waals surface area contributed by atoms with E-state index in [9.17, 15) is 35.1 Å². The van der Waals surface area contributed by atoms with Crippen molar-refractivity contribution in [2.45, 2.75) is 43.9 Å². The molecule has 1 amide bonds. The monoisotopic (exact) mass is 532 g/mol.